The van der Waals surface area contributed by atoms with E-state index in [1.807, 2.05) is 0 Å². The Labute approximate surface area is 103 Å². The van der Waals surface area contributed by atoms with Crippen LogP contribution < -0.4 is 5.32 Å². The molecule has 0 aliphatic carbocycles. The second-order valence-electron chi connectivity index (χ2n) is 4.09. The van der Waals surface area contributed by atoms with Gasteiger partial charge in [-0.2, -0.15) is 0 Å². The number of hydrogen-bond acceptors (Lipinski definition) is 5. The summed E-state index contributed by atoms with van der Waals surface area (Å²) in [6.45, 7) is -0.0355. The second kappa shape index (κ2) is 5.19. The van der Waals surface area contributed by atoms with Gasteiger partial charge < -0.3 is 24.8 Å². The van der Waals surface area contributed by atoms with Gasteiger partial charge in [0.2, 0.25) is 5.91 Å². The highest BCUT2D eigenvalue weighted by molar-refractivity contribution is 5.94. The SMILES string of the molecule is O=C(NCC(=O)N1C[C@@H](O)[C@@H](O)C1)c1ccco1. The van der Waals surface area contributed by atoms with Gasteiger partial charge in [0.25, 0.3) is 5.91 Å². The number of amides is 2. The molecule has 0 aromatic carbocycles. The molecule has 2 rings (SSSR count). The first kappa shape index (κ1) is 12.6. The molecule has 0 saturated carbocycles. The van der Waals surface area contributed by atoms with Crippen molar-refractivity contribution < 1.29 is 24.2 Å². The van der Waals surface area contributed by atoms with Crippen molar-refractivity contribution in [3.8, 4) is 0 Å². The van der Waals surface area contributed by atoms with E-state index in [9.17, 15) is 19.8 Å². The van der Waals surface area contributed by atoms with E-state index in [1.165, 1.54) is 17.2 Å². The molecular weight excluding hydrogens is 240 g/mol. The van der Waals surface area contributed by atoms with Crippen LogP contribution in [-0.2, 0) is 4.79 Å². The van der Waals surface area contributed by atoms with Crippen LogP contribution in [0.1, 0.15) is 10.6 Å². The number of carbonyl (C=O) groups is 2. The smallest absolute Gasteiger partial charge is 0.287 e. The first-order valence-electron chi connectivity index (χ1n) is 5.53. The molecule has 1 aromatic heterocycles. The monoisotopic (exact) mass is 254 g/mol. The van der Waals surface area contributed by atoms with Crippen molar-refractivity contribution in [3.63, 3.8) is 0 Å². The lowest BCUT2D eigenvalue weighted by molar-refractivity contribution is -0.129. The van der Waals surface area contributed by atoms with Crippen molar-refractivity contribution in [2.45, 2.75) is 12.2 Å². The number of aliphatic hydroxyl groups is 2. The van der Waals surface area contributed by atoms with Crippen LogP contribution in [0.25, 0.3) is 0 Å². The largest absolute Gasteiger partial charge is 0.459 e. The fourth-order valence-electron chi connectivity index (χ4n) is 1.74. The Balaban J connectivity index is 1.80. The van der Waals surface area contributed by atoms with Crippen LogP contribution in [0.4, 0.5) is 0 Å². The normalized spacial score (nSPS) is 23.1. The van der Waals surface area contributed by atoms with E-state index < -0.39 is 18.1 Å². The summed E-state index contributed by atoms with van der Waals surface area (Å²) in [7, 11) is 0. The molecule has 0 radical (unpaired) electrons. The van der Waals surface area contributed by atoms with Crippen molar-refractivity contribution in [2.24, 2.45) is 0 Å². The molecule has 1 aromatic rings. The lowest BCUT2D eigenvalue weighted by Crippen LogP contribution is -2.39. The first-order valence-corrected chi connectivity index (χ1v) is 5.53. The number of aliphatic hydroxyl groups excluding tert-OH is 2. The van der Waals surface area contributed by atoms with E-state index in [1.54, 1.807) is 6.07 Å². The molecule has 98 valence electrons. The molecule has 0 bridgehead atoms. The van der Waals surface area contributed by atoms with Crippen LogP contribution >= 0.6 is 0 Å². The topological polar surface area (TPSA) is 103 Å². The quantitative estimate of drug-likeness (QED) is 0.614. The van der Waals surface area contributed by atoms with E-state index in [0.717, 1.165) is 0 Å². The van der Waals surface area contributed by atoms with Gasteiger partial charge in [0, 0.05) is 13.1 Å². The standard InChI is InChI=1S/C11H14N2O5/c14-7-5-13(6-8(7)15)10(16)4-12-11(17)9-2-1-3-18-9/h1-3,7-8,14-15H,4-6H2,(H,12,17)/t7-,8+. The number of furan rings is 1. The Bertz CT molecular complexity index is 421. The summed E-state index contributed by atoms with van der Waals surface area (Å²) in [5.41, 5.74) is 0. The zero-order valence-corrected chi connectivity index (χ0v) is 9.57. The molecule has 1 aliphatic rings. The van der Waals surface area contributed by atoms with Crippen LogP contribution in [0.5, 0.6) is 0 Å². The zero-order chi connectivity index (χ0) is 13.1. The average Bonchev–Trinajstić information content (AvgIpc) is 2.97. The predicted molar refractivity (Wildman–Crippen MR) is 59.6 cm³/mol. The minimum atomic E-state index is -0.922. The Morgan fingerprint density at radius 2 is 2.06 bits per heavy atom. The van der Waals surface area contributed by atoms with E-state index in [0.29, 0.717) is 0 Å². The van der Waals surface area contributed by atoms with E-state index in [4.69, 9.17) is 4.42 Å². The van der Waals surface area contributed by atoms with Crippen molar-refractivity contribution >= 4 is 11.8 Å². The predicted octanol–water partition coefficient (Wildman–Crippen LogP) is -1.43. The highest BCUT2D eigenvalue weighted by Crippen LogP contribution is 2.09. The average molecular weight is 254 g/mol. The Morgan fingerprint density at radius 3 is 2.61 bits per heavy atom. The van der Waals surface area contributed by atoms with Gasteiger partial charge in [-0.05, 0) is 12.1 Å². The Morgan fingerprint density at radius 1 is 1.39 bits per heavy atom. The minimum absolute atomic E-state index is 0.0800. The number of nitrogens with zero attached hydrogens (tertiary/aromatic N) is 1. The number of rotatable bonds is 3. The third-order valence-corrected chi connectivity index (χ3v) is 2.76. The van der Waals surface area contributed by atoms with Gasteiger partial charge in [-0.25, -0.2) is 0 Å². The summed E-state index contributed by atoms with van der Waals surface area (Å²) in [6, 6.07) is 3.06. The van der Waals surface area contributed by atoms with E-state index in [-0.39, 0.29) is 31.3 Å². The number of likely N-dealkylation sites (tertiary alicyclic amines) is 1. The lowest BCUT2D eigenvalue weighted by atomic mass is 10.3. The van der Waals surface area contributed by atoms with Crippen LogP contribution in [0.15, 0.2) is 22.8 Å². The van der Waals surface area contributed by atoms with Crippen LogP contribution in [0.2, 0.25) is 0 Å². The fraction of sp³-hybridized carbons (Fsp3) is 0.455. The Hall–Kier alpha value is -1.86. The summed E-state index contributed by atoms with van der Waals surface area (Å²) in [6.07, 6.45) is -0.478. The van der Waals surface area contributed by atoms with Crippen molar-refractivity contribution in [1.29, 1.82) is 0 Å². The second-order valence-corrected chi connectivity index (χ2v) is 4.09. The van der Waals surface area contributed by atoms with Crippen LogP contribution in [-0.4, -0.2) is 58.8 Å². The third kappa shape index (κ3) is 2.69. The van der Waals surface area contributed by atoms with E-state index in [2.05, 4.69) is 5.32 Å². The molecule has 1 aliphatic heterocycles. The zero-order valence-electron chi connectivity index (χ0n) is 9.57. The minimum Gasteiger partial charge on any atom is -0.459 e. The molecule has 1 fully saturated rings. The number of hydrogen-bond donors (Lipinski definition) is 3. The number of carbonyl (C=O) groups excluding carboxylic acids is 2. The molecular formula is C11H14N2O5. The summed E-state index contributed by atoms with van der Waals surface area (Å²) in [4.78, 5) is 24.5. The van der Waals surface area contributed by atoms with Crippen LogP contribution in [0.3, 0.4) is 0 Å². The maximum absolute atomic E-state index is 11.7. The molecule has 2 atom stereocenters. The summed E-state index contributed by atoms with van der Waals surface area (Å²) >= 11 is 0. The van der Waals surface area contributed by atoms with Gasteiger partial charge in [0.1, 0.15) is 0 Å². The highest BCUT2D eigenvalue weighted by atomic mass is 16.3. The first-order chi connectivity index (χ1) is 8.58. The molecule has 1 saturated heterocycles. The number of nitrogens with one attached hydrogen (secondary N) is 1. The van der Waals surface area contributed by atoms with Gasteiger partial charge in [-0.1, -0.05) is 0 Å². The van der Waals surface area contributed by atoms with Gasteiger partial charge in [0.05, 0.1) is 25.0 Å². The summed E-state index contributed by atoms with van der Waals surface area (Å²) < 4.78 is 4.87. The van der Waals surface area contributed by atoms with Crippen molar-refractivity contribution in [2.75, 3.05) is 19.6 Å². The number of β-amino-alcohol motifs (C(OH)–C–C–N with tert-alkyl or cyclic N) is 2. The molecule has 7 nitrogen and oxygen atoms in total. The van der Waals surface area contributed by atoms with Gasteiger partial charge in [0.15, 0.2) is 5.76 Å². The maximum Gasteiger partial charge on any atom is 0.287 e. The van der Waals surface area contributed by atoms with Crippen molar-refractivity contribution in [1.82, 2.24) is 10.2 Å². The van der Waals surface area contributed by atoms with E-state index >= 15 is 0 Å². The van der Waals surface area contributed by atoms with Gasteiger partial charge >= 0.3 is 0 Å². The molecule has 2 amide bonds. The summed E-state index contributed by atoms with van der Waals surface area (Å²) in [5.74, 6) is -0.705. The van der Waals surface area contributed by atoms with Gasteiger partial charge in [-0.3, -0.25) is 9.59 Å². The van der Waals surface area contributed by atoms with Gasteiger partial charge in [-0.15, -0.1) is 0 Å². The molecule has 0 spiro atoms. The Kier molecular flexibility index (Phi) is 3.63. The molecule has 18 heavy (non-hydrogen) atoms. The van der Waals surface area contributed by atoms with Crippen molar-refractivity contribution in [3.05, 3.63) is 24.2 Å². The third-order valence-electron chi connectivity index (χ3n) is 2.76. The lowest BCUT2D eigenvalue weighted by Gasteiger charge is -2.15. The fourth-order valence-corrected chi connectivity index (χ4v) is 1.74. The molecule has 2 heterocycles. The molecule has 0 unspecified atom stereocenters. The maximum atomic E-state index is 11.7. The summed E-state index contributed by atoms with van der Waals surface area (Å²) in [5, 5.41) is 21.0. The molecule has 7 heteroatoms. The highest BCUT2D eigenvalue weighted by Gasteiger charge is 2.32. The molecule has 3 N–H and O–H groups in total. The van der Waals surface area contributed by atoms with Crippen LogP contribution in [0, 0.1) is 0 Å².